The van der Waals surface area contributed by atoms with Crippen LogP contribution in [0.4, 0.5) is 5.69 Å². The van der Waals surface area contributed by atoms with Gasteiger partial charge in [-0.25, -0.2) is 4.68 Å². The number of anilines is 1. The van der Waals surface area contributed by atoms with E-state index in [1.807, 2.05) is 68.8 Å². The number of nitrogens with one attached hydrogen (secondary N) is 1. The van der Waals surface area contributed by atoms with Crippen LogP contribution in [0.5, 0.6) is 5.75 Å². The number of aryl methyl sites for hydroxylation is 3. The fourth-order valence-electron chi connectivity index (χ4n) is 3.60. The van der Waals surface area contributed by atoms with Gasteiger partial charge in [-0.1, -0.05) is 29.8 Å². The molecule has 0 aliphatic heterocycles. The predicted molar refractivity (Wildman–Crippen MR) is 132 cm³/mol. The molecule has 0 aliphatic rings. The van der Waals surface area contributed by atoms with Crippen molar-refractivity contribution in [2.24, 2.45) is 0 Å². The molecule has 0 saturated carbocycles. The van der Waals surface area contributed by atoms with Gasteiger partial charge in [0.15, 0.2) is 12.4 Å². The predicted octanol–water partition coefficient (Wildman–Crippen LogP) is 5.41. The van der Waals surface area contributed by atoms with Crippen LogP contribution in [0.3, 0.4) is 0 Å². The lowest BCUT2D eigenvalue weighted by Crippen LogP contribution is -2.14. The highest BCUT2D eigenvalue weighted by Crippen LogP contribution is 2.22. The number of carbonyl (C=O) groups excluding carboxylic acids is 1. The Morgan fingerprint density at radius 1 is 1.06 bits per heavy atom. The van der Waals surface area contributed by atoms with Gasteiger partial charge in [0.2, 0.25) is 0 Å². The van der Waals surface area contributed by atoms with E-state index < -0.39 is 0 Å². The Balaban J connectivity index is 1.39. The molecule has 0 radical (unpaired) electrons. The second kappa shape index (κ2) is 9.62. The molecule has 0 saturated heterocycles. The number of hydrogen-bond acceptors (Lipinski definition) is 4. The van der Waals surface area contributed by atoms with E-state index in [4.69, 9.17) is 4.74 Å². The van der Waals surface area contributed by atoms with Gasteiger partial charge in [0.1, 0.15) is 5.75 Å². The number of aromatic nitrogens is 4. The monoisotopic (exact) mass is 507 g/mol. The number of amides is 1. The zero-order chi connectivity index (χ0) is 23.5. The topological polar surface area (TPSA) is 74.0 Å². The number of nitrogens with zero attached hydrogens (tertiary/aromatic N) is 4. The summed E-state index contributed by atoms with van der Waals surface area (Å²) in [5.41, 5.74) is 6.34. The third kappa shape index (κ3) is 5.34. The smallest absolute Gasteiger partial charge is 0.276 e. The summed E-state index contributed by atoms with van der Waals surface area (Å²) in [5.74, 6) is 0.528. The lowest BCUT2D eigenvalue weighted by Gasteiger charge is -2.10. The van der Waals surface area contributed by atoms with Gasteiger partial charge in [-0.3, -0.25) is 9.48 Å². The van der Waals surface area contributed by atoms with Gasteiger partial charge in [0.05, 0.1) is 22.4 Å². The molecule has 4 aromatic rings. The van der Waals surface area contributed by atoms with Gasteiger partial charge in [0, 0.05) is 11.9 Å². The molecule has 1 N–H and O–H groups in total. The van der Waals surface area contributed by atoms with Crippen molar-refractivity contribution in [3.63, 3.8) is 0 Å². The van der Waals surface area contributed by atoms with Gasteiger partial charge in [-0.15, -0.1) is 0 Å². The summed E-state index contributed by atoms with van der Waals surface area (Å²) >= 11 is 3.56. The van der Waals surface area contributed by atoms with Gasteiger partial charge >= 0.3 is 0 Å². The molecule has 1 amide bonds. The highest BCUT2D eigenvalue weighted by atomic mass is 79.9. The summed E-state index contributed by atoms with van der Waals surface area (Å²) in [6, 6.07) is 15.4. The summed E-state index contributed by atoms with van der Waals surface area (Å²) in [7, 11) is 0. The van der Waals surface area contributed by atoms with E-state index in [2.05, 4.69) is 37.5 Å². The van der Waals surface area contributed by atoms with Gasteiger partial charge in [0.25, 0.3) is 5.91 Å². The summed E-state index contributed by atoms with van der Waals surface area (Å²) in [5, 5.41) is 11.8. The molecule has 0 aliphatic carbocycles. The number of rotatable bonds is 7. The fourth-order valence-corrected chi connectivity index (χ4v) is 3.88. The zero-order valence-electron chi connectivity index (χ0n) is 19.1. The minimum absolute atomic E-state index is 0.227. The van der Waals surface area contributed by atoms with Crippen LogP contribution in [0.25, 0.3) is 0 Å². The Hall–Kier alpha value is -3.39. The van der Waals surface area contributed by atoms with Crippen LogP contribution in [0, 0.1) is 27.7 Å². The quantitative estimate of drug-likeness (QED) is 0.362. The number of halogens is 1. The molecular formula is C25H26BrN5O2. The number of carbonyl (C=O) groups is 1. The van der Waals surface area contributed by atoms with Crippen LogP contribution >= 0.6 is 15.9 Å². The Labute approximate surface area is 201 Å². The zero-order valence-corrected chi connectivity index (χ0v) is 20.7. The Bertz CT molecular complexity index is 1310. The largest absolute Gasteiger partial charge is 0.471 e. The van der Waals surface area contributed by atoms with Gasteiger partial charge in [-0.05, 0) is 79.0 Å². The summed E-state index contributed by atoms with van der Waals surface area (Å²) in [6.07, 6.45) is 1.73. The lowest BCUT2D eigenvalue weighted by atomic mass is 10.1. The molecule has 0 spiro atoms. The maximum atomic E-state index is 12.7. The maximum absolute atomic E-state index is 12.7. The van der Waals surface area contributed by atoms with Crippen molar-refractivity contribution in [1.82, 2.24) is 19.6 Å². The summed E-state index contributed by atoms with van der Waals surface area (Å²) < 4.78 is 10.4. The van der Waals surface area contributed by atoms with Crippen molar-refractivity contribution in [2.45, 2.75) is 41.0 Å². The third-order valence-corrected chi connectivity index (χ3v) is 6.51. The molecule has 2 aromatic carbocycles. The van der Waals surface area contributed by atoms with Crippen LogP contribution in [0.15, 0.2) is 59.2 Å². The standard InChI is InChI=1S/C25H26BrN5O2/c1-16-8-9-23(17(2)12-16)33-15-30-11-10-22(29-30)25(32)27-21-7-5-6-20(13-21)14-31-19(4)24(26)18(3)28-31/h5-13H,14-15H2,1-4H3,(H,27,32). The second-order valence-electron chi connectivity index (χ2n) is 8.08. The maximum Gasteiger partial charge on any atom is 0.276 e. The second-order valence-corrected chi connectivity index (χ2v) is 8.87. The Kier molecular flexibility index (Phi) is 6.65. The van der Waals surface area contributed by atoms with Crippen LogP contribution < -0.4 is 10.1 Å². The summed E-state index contributed by atoms with van der Waals surface area (Å²) in [4.78, 5) is 12.7. The van der Waals surface area contributed by atoms with Crippen molar-refractivity contribution in [3.8, 4) is 5.75 Å². The van der Waals surface area contributed by atoms with E-state index in [0.717, 1.165) is 32.7 Å². The molecule has 0 fully saturated rings. The van der Waals surface area contributed by atoms with Gasteiger partial charge < -0.3 is 10.1 Å². The van der Waals surface area contributed by atoms with Crippen molar-refractivity contribution < 1.29 is 9.53 Å². The molecule has 2 aromatic heterocycles. The van der Waals surface area contributed by atoms with Crippen LogP contribution in [0.1, 0.15) is 38.6 Å². The molecule has 2 heterocycles. The Morgan fingerprint density at radius 2 is 1.88 bits per heavy atom. The normalized spacial score (nSPS) is 10.9. The van der Waals surface area contributed by atoms with Crippen LogP contribution in [-0.4, -0.2) is 25.5 Å². The average Bonchev–Trinajstić information content (AvgIpc) is 3.34. The molecule has 0 atom stereocenters. The summed E-state index contributed by atoms with van der Waals surface area (Å²) in [6.45, 7) is 8.89. The lowest BCUT2D eigenvalue weighted by molar-refractivity contribution is 0.102. The molecule has 170 valence electrons. The van der Waals surface area contributed by atoms with Crippen molar-refractivity contribution in [1.29, 1.82) is 0 Å². The van der Waals surface area contributed by atoms with Crippen LogP contribution in [0.2, 0.25) is 0 Å². The highest BCUT2D eigenvalue weighted by molar-refractivity contribution is 9.10. The molecule has 4 rings (SSSR count). The molecular weight excluding hydrogens is 482 g/mol. The minimum Gasteiger partial charge on any atom is -0.471 e. The van der Waals surface area contributed by atoms with Crippen LogP contribution in [-0.2, 0) is 13.3 Å². The highest BCUT2D eigenvalue weighted by Gasteiger charge is 2.12. The SMILES string of the molecule is Cc1ccc(OCn2ccc(C(=O)Nc3cccc(Cn4nc(C)c(Br)c4C)c3)n2)c(C)c1. The van der Waals surface area contributed by atoms with E-state index in [1.165, 1.54) is 5.56 Å². The number of ether oxygens (including phenoxy) is 1. The number of hydrogen-bond donors (Lipinski definition) is 1. The Morgan fingerprint density at radius 3 is 2.61 bits per heavy atom. The van der Waals surface area contributed by atoms with Crippen molar-refractivity contribution >= 4 is 27.5 Å². The van der Waals surface area contributed by atoms with E-state index >= 15 is 0 Å². The van der Waals surface area contributed by atoms with E-state index in [9.17, 15) is 4.79 Å². The fraction of sp³-hybridized carbons (Fsp3) is 0.240. The minimum atomic E-state index is -0.272. The third-order valence-electron chi connectivity index (χ3n) is 5.37. The number of benzene rings is 2. The molecule has 33 heavy (non-hydrogen) atoms. The first kappa shape index (κ1) is 22.8. The first-order valence-corrected chi connectivity index (χ1v) is 11.4. The van der Waals surface area contributed by atoms with Crippen molar-refractivity contribution in [2.75, 3.05) is 5.32 Å². The molecule has 0 bridgehead atoms. The van der Waals surface area contributed by atoms with Crippen molar-refractivity contribution in [3.05, 3.63) is 93.0 Å². The first-order valence-electron chi connectivity index (χ1n) is 10.6. The van der Waals surface area contributed by atoms with Gasteiger partial charge in [-0.2, -0.15) is 10.2 Å². The molecule has 8 heteroatoms. The van der Waals surface area contributed by atoms with E-state index in [0.29, 0.717) is 17.9 Å². The molecule has 7 nitrogen and oxygen atoms in total. The van der Waals surface area contributed by atoms with E-state index in [-0.39, 0.29) is 12.6 Å². The van der Waals surface area contributed by atoms with E-state index in [1.54, 1.807) is 16.9 Å². The average molecular weight is 508 g/mol. The first-order chi connectivity index (χ1) is 15.8. The molecule has 0 unspecified atom stereocenters.